The number of fused-ring (bicyclic) bond motifs is 2. The zero-order valence-electron chi connectivity index (χ0n) is 18.9. The summed E-state index contributed by atoms with van der Waals surface area (Å²) in [7, 11) is 0. The fourth-order valence-electron chi connectivity index (χ4n) is 6.14. The third-order valence-corrected chi connectivity index (χ3v) is 7.80. The van der Waals surface area contributed by atoms with Crippen LogP contribution in [-0.2, 0) is 0 Å². The first-order chi connectivity index (χ1) is 15.3. The second kappa shape index (κ2) is 10.0. The van der Waals surface area contributed by atoms with Gasteiger partial charge in [-0.2, -0.15) is 0 Å². The predicted octanol–water partition coefficient (Wildman–Crippen LogP) is 9.15. The second-order valence-corrected chi connectivity index (χ2v) is 10.00. The number of alkyl halides is 3. The lowest BCUT2D eigenvalue weighted by Gasteiger charge is -2.42. The maximum absolute atomic E-state index is 14.2. The molecule has 4 rings (SSSR count). The van der Waals surface area contributed by atoms with Crippen LogP contribution in [0.4, 0.5) is 17.6 Å². The highest BCUT2D eigenvalue weighted by Gasteiger charge is 2.36. The lowest BCUT2D eigenvalue weighted by Crippen LogP contribution is -2.30. The van der Waals surface area contributed by atoms with Gasteiger partial charge in [0, 0.05) is 0 Å². The van der Waals surface area contributed by atoms with E-state index >= 15 is 0 Å². The van der Waals surface area contributed by atoms with Crippen molar-refractivity contribution in [1.82, 2.24) is 0 Å². The molecule has 2 unspecified atom stereocenters. The average molecular weight is 451 g/mol. The van der Waals surface area contributed by atoms with E-state index in [0.29, 0.717) is 16.7 Å². The van der Waals surface area contributed by atoms with Crippen LogP contribution in [0.25, 0.3) is 10.8 Å². The fourth-order valence-corrected chi connectivity index (χ4v) is 6.14. The van der Waals surface area contributed by atoms with E-state index in [0.717, 1.165) is 36.3 Å². The van der Waals surface area contributed by atoms with Crippen molar-refractivity contribution in [2.45, 2.75) is 89.8 Å². The summed E-state index contributed by atoms with van der Waals surface area (Å²) in [6, 6.07) is 8.06. The number of hydrogen-bond acceptors (Lipinski definition) is 1. The SMILES string of the molecule is CCCCCC[C@@H]1CC[C@@H]2CC(c3ccc4cc(OC(F)(F)F)c(F)cc4c3)CCC2C1. The Morgan fingerprint density at radius 2 is 1.66 bits per heavy atom. The van der Waals surface area contributed by atoms with Crippen molar-refractivity contribution in [1.29, 1.82) is 0 Å². The van der Waals surface area contributed by atoms with Gasteiger partial charge in [0.25, 0.3) is 0 Å². The molecule has 2 fully saturated rings. The number of rotatable bonds is 7. The highest BCUT2D eigenvalue weighted by molar-refractivity contribution is 5.85. The van der Waals surface area contributed by atoms with Gasteiger partial charge in [0.05, 0.1) is 0 Å². The van der Waals surface area contributed by atoms with Crippen LogP contribution in [0.15, 0.2) is 30.3 Å². The molecule has 32 heavy (non-hydrogen) atoms. The average Bonchev–Trinajstić information content (AvgIpc) is 2.75. The molecule has 5 heteroatoms. The molecule has 2 aliphatic rings. The first kappa shape index (κ1) is 23.4. The quantitative estimate of drug-likeness (QED) is 0.302. The lowest BCUT2D eigenvalue weighted by atomic mass is 9.63. The summed E-state index contributed by atoms with van der Waals surface area (Å²) in [5, 5.41) is 1.19. The predicted molar refractivity (Wildman–Crippen MR) is 120 cm³/mol. The Morgan fingerprint density at radius 3 is 2.44 bits per heavy atom. The third-order valence-electron chi connectivity index (χ3n) is 7.80. The van der Waals surface area contributed by atoms with E-state index in [-0.39, 0.29) is 0 Å². The first-order valence-electron chi connectivity index (χ1n) is 12.3. The van der Waals surface area contributed by atoms with Crippen LogP contribution in [0.1, 0.15) is 89.0 Å². The summed E-state index contributed by atoms with van der Waals surface area (Å²) in [5.41, 5.74) is 1.18. The monoisotopic (exact) mass is 450 g/mol. The van der Waals surface area contributed by atoms with Crippen LogP contribution in [0, 0.1) is 23.6 Å². The zero-order chi connectivity index (χ0) is 22.7. The standard InChI is InChI=1S/C27H34F4O/c1-2-3-4-5-6-18-7-8-20-14-21(10-9-19(20)13-18)22-11-12-23-17-26(32-27(29,30)31)25(28)16-24(23)15-22/h11-12,15-21H,2-10,13-14H2,1H3/t18-,19?,20-,21?/m1/s1. The Labute approximate surface area is 188 Å². The van der Waals surface area contributed by atoms with Crippen LogP contribution >= 0.6 is 0 Å². The fraction of sp³-hybridized carbons (Fsp3) is 0.630. The van der Waals surface area contributed by atoms with E-state index in [4.69, 9.17) is 0 Å². The Bertz CT molecular complexity index is 906. The molecule has 2 aliphatic carbocycles. The van der Waals surface area contributed by atoms with E-state index in [1.54, 1.807) is 6.07 Å². The third kappa shape index (κ3) is 5.77. The van der Waals surface area contributed by atoms with Crippen molar-refractivity contribution in [2.24, 2.45) is 17.8 Å². The van der Waals surface area contributed by atoms with Gasteiger partial charge in [-0.1, -0.05) is 63.6 Å². The summed E-state index contributed by atoms with van der Waals surface area (Å²) < 4.78 is 55.5. The molecule has 0 amide bonds. The van der Waals surface area contributed by atoms with Crippen LogP contribution < -0.4 is 4.74 Å². The molecule has 2 saturated carbocycles. The maximum atomic E-state index is 14.2. The molecule has 0 aromatic heterocycles. The van der Waals surface area contributed by atoms with Crippen molar-refractivity contribution in [2.75, 3.05) is 0 Å². The van der Waals surface area contributed by atoms with E-state index < -0.39 is 17.9 Å². The lowest BCUT2D eigenvalue weighted by molar-refractivity contribution is -0.275. The number of ether oxygens (including phenoxy) is 1. The van der Waals surface area contributed by atoms with Gasteiger partial charge in [0.2, 0.25) is 0 Å². The highest BCUT2D eigenvalue weighted by atomic mass is 19.4. The minimum absolute atomic E-state index is 0.455. The van der Waals surface area contributed by atoms with Gasteiger partial charge in [-0.25, -0.2) is 4.39 Å². The molecule has 0 spiro atoms. The topological polar surface area (TPSA) is 9.23 Å². The van der Waals surface area contributed by atoms with E-state index in [9.17, 15) is 17.6 Å². The molecule has 0 N–H and O–H groups in total. The van der Waals surface area contributed by atoms with Gasteiger partial charge in [-0.05, 0) is 84.2 Å². The van der Waals surface area contributed by atoms with Gasteiger partial charge in [0.1, 0.15) is 0 Å². The molecular weight excluding hydrogens is 416 g/mol. The van der Waals surface area contributed by atoms with Gasteiger partial charge < -0.3 is 4.74 Å². The molecule has 2 aromatic carbocycles. The Balaban J connectivity index is 1.39. The summed E-state index contributed by atoms with van der Waals surface area (Å²) >= 11 is 0. The van der Waals surface area contributed by atoms with Crippen molar-refractivity contribution in [3.63, 3.8) is 0 Å². The molecule has 0 saturated heterocycles. The van der Waals surface area contributed by atoms with Crippen LogP contribution in [-0.4, -0.2) is 6.36 Å². The van der Waals surface area contributed by atoms with E-state index in [2.05, 4.69) is 11.7 Å². The molecule has 4 atom stereocenters. The second-order valence-electron chi connectivity index (χ2n) is 10.00. The van der Waals surface area contributed by atoms with E-state index in [1.807, 2.05) is 12.1 Å². The maximum Gasteiger partial charge on any atom is 0.573 e. The van der Waals surface area contributed by atoms with Crippen molar-refractivity contribution < 1.29 is 22.3 Å². The summed E-state index contributed by atoms with van der Waals surface area (Å²) in [5.74, 6) is 1.22. The summed E-state index contributed by atoms with van der Waals surface area (Å²) in [6.45, 7) is 2.26. The zero-order valence-corrected chi connectivity index (χ0v) is 18.9. The largest absolute Gasteiger partial charge is 0.573 e. The Morgan fingerprint density at radius 1 is 0.875 bits per heavy atom. The number of hydrogen-bond donors (Lipinski definition) is 0. The first-order valence-corrected chi connectivity index (χ1v) is 12.3. The van der Waals surface area contributed by atoms with Crippen LogP contribution in [0.3, 0.4) is 0 Å². The number of halogens is 4. The highest BCUT2D eigenvalue weighted by Crippen LogP contribution is 2.48. The molecule has 1 nitrogen and oxygen atoms in total. The molecule has 0 heterocycles. The van der Waals surface area contributed by atoms with Gasteiger partial charge in [-0.3, -0.25) is 0 Å². The van der Waals surface area contributed by atoms with Gasteiger partial charge in [-0.15, -0.1) is 13.2 Å². The molecular formula is C27H34F4O. The molecule has 0 aliphatic heterocycles. The van der Waals surface area contributed by atoms with Crippen molar-refractivity contribution in [3.8, 4) is 5.75 Å². The smallest absolute Gasteiger partial charge is 0.403 e. The molecule has 2 aromatic rings. The van der Waals surface area contributed by atoms with Crippen LogP contribution in [0.2, 0.25) is 0 Å². The normalized spacial score (nSPS) is 26.2. The molecule has 0 bridgehead atoms. The molecule has 176 valence electrons. The number of unbranched alkanes of at least 4 members (excludes halogenated alkanes) is 3. The minimum Gasteiger partial charge on any atom is -0.403 e. The summed E-state index contributed by atoms with van der Waals surface area (Å²) in [4.78, 5) is 0. The number of benzene rings is 2. The minimum atomic E-state index is -4.90. The Hall–Kier alpha value is -1.78. The van der Waals surface area contributed by atoms with E-state index in [1.165, 1.54) is 69.8 Å². The van der Waals surface area contributed by atoms with Crippen molar-refractivity contribution >= 4 is 10.8 Å². The Kier molecular flexibility index (Phi) is 7.31. The van der Waals surface area contributed by atoms with Crippen molar-refractivity contribution in [3.05, 3.63) is 41.7 Å². The van der Waals surface area contributed by atoms with Crippen LogP contribution in [0.5, 0.6) is 5.75 Å². The van der Waals surface area contributed by atoms with Gasteiger partial charge >= 0.3 is 6.36 Å². The molecule has 0 radical (unpaired) electrons. The van der Waals surface area contributed by atoms with Gasteiger partial charge in [0.15, 0.2) is 11.6 Å². The summed E-state index contributed by atoms with van der Waals surface area (Å²) in [6.07, 6.45) is 9.52.